The van der Waals surface area contributed by atoms with Crippen molar-refractivity contribution in [1.29, 1.82) is 0 Å². The topological polar surface area (TPSA) is 92.7 Å². The molecule has 7 nitrogen and oxygen atoms in total. The van der Waals surface area contributed by atoms with E-state index in [2.05, 4.69) is 15.6 Å². The van der Waals surface area contributed by atoms with Crippen LogP contribution < -0.4 is 20.1 Å². The van der Waals surface area contributed by atoms with Gasteiger partial charge in [-0.25, -0.2) is 9.37 Å². The number of carbonyl (C=O) groups is 1. The second kappa shape index (κ2) is 11.6. The van der Waals surface area contributed by atoms with E-state index in [1.54, 1.807) is 6.07 Å². The maximum absolute atomic E-state index is 14.4. The van der Waals surface area contributed by atoms with Crippen molar-refractivity contribution in [3.05, 3.63) is 77.2 Å². The van der Waals surface area contributed by atoms with Crippen LogP contribution in [0.15, 0.2) is 54.6 Å². The zero-order valence-electron chi connectivity index (χ0n) is 21.4. The average molecular weight is 548 g/mol. The fourth-order valence-electron chi connectivity index (χ4n) is 3.86. The lowest BCUT2D eigenvalue weighted by Crippen LogP contribution is -2.51. The molecule has 1 fully saturated rings. The van der Waals surface area contributed by atoms with Crippen molar-refractivity contribution in [2.24, 2.45) is 0 Å². The van der Waals surface area contributed by atoms with Crippen LogP contribution >= 0.6 is 0 Å². The first-order valence-electron chi connectivity index (χ1n) is 12.4. The first-order valence-corrected chi connectivity index (χ1v) is 12.4. The molecule has 3 aromatic rings. The molecule has 1 aromatic heterocycles. The molecule has 4 rings (SSSR count). The summed E-state index contributed by atoms with van der Waals surface area (Å²) in [7, 11) is 1.39. The van der Waals surface area contributed by atoms with Crippen LogP contribution in [0.2, 0.25) is 0 Å². The number of hydrogen-bond acceptors (Lipinski definition) is 6. The molecule has 0 radical (unpaired) electrons. The van der Waals surface area contributed by atoms with Crippen molar-refractivity contribution in [2.45, 2.75) is 44.2 Å². The van der Waals surface area contributed by atoms with Gasteiger partial charge in [-0.15, -0.1) is 0 Å². The van der Waals surface area contributed by atoms with Gasteiger partial charge in [-0.3, -0.25) is 4.79 Å². The number of hydrogen-bond donors (Lipinski definition) is 3. The zero-order chi connectivity index (χ0) is 28.2. The Balaban J connectivity index is 1.64. The molecule has 2 aromatic carbocycles. The van der Waals surface area contributed by atoms with Crippen molar-refractivity contribution in [1.82, 2.24) is 15.6 Å². The van der Waals surface area contributed by atoms with Crippen molar-refractivity contribution in [2.75, 3.05) is 20.2 Å². The maximum atomic E-state index is 14.4. The fourth-order valence-corrected chi connectivity index (χ4v) is 3.86. The first-order chi connectivity index (χ1) is 18.5. The molecule has 11 heteroatoms. The summed E-state index contributed by atoms with van der Waals surface area (Å²) < 4.78 is 67.5. The Labute approximate surface area is 223 Å². The molecule has 1 heterocycles. The zero-order valence-corrected chi connectivity index (χ0v) is 21.4. The van der Waals surface area contributed by atoms with Gasteiger partial charge in [0.05, 0.1) is 31.1 Å². The molecule has 0 bridgehead atoms. The van der Waals surface area contributed by atoms with Gasteiger partial charge in [0.25, 0.3) is 5.91 Å². The lowest BCUT2D eigenvalue weighted by molar-refractivity contribution is -0.265. The second-order valence-electron chi connectivity index (χ2n) is 9.26. The van der Waals surface area contributed by atoms with E-state index in [0.717, 1.165) is 18.9 Å². The summed E-state index contributed by atoms with van der Waals surface area (Å²) in [5, 5.41) is 16.2. The Morgan fingerprint density at radius 2 is 1.79 bits per heavy atom. The molecule has 0 aliphatic heterocycles. The summed E-state index contributed by atoms with van der Waals surface area (Å²) in [4.78, 5) is 16.9. The van der Waals surface area contributed by atoms with E-state index < -0.39 is 35.7 Å². The van der Waals surface area contributed by atoms with E-state index in [9.17, 15) is 27.5 Å². The molecular weight excluding hydrogens is 518 g/mol. The summed E-state index contributed by atoms with van der Waals surface area (Å²) >= 11 is 0. The van der Waals surface area contributed by atoms with Crippen molar-refractivity contribution < 1.29 is 36.9 Å². The highest BCUT2D eigenvalue weighted by atomic mass is 19.4. The predicted molar refractivity (Wildman–Crippen MR) is 136 cm³/mol. The minimum atomic E-state index is -5.19. The largest absolute Gasteiger partial charge is 0.493 e. The minimum absolute atomic E-state index is 0.0281. The van der Waals surface area contributed by atoms with Gasteiger partial charge in [0.15, 0.2) is 11.5 Å². The van der Waals surface area contributed by atoms with Gasteiger partial charge in [-0.05, 0) is 79.5 Å². The van der Waals surface area contributed by atoms with E-state index in [-0.39, 0.29) is 29.7 Å². The molecule has 1 amide bonds. The van der Waals surface area contributed by atoms with Crippen LogP contribution in [0.25, 0.3) is 11.3 Å². The van der Waals surface area contributed by atoms with Crippen LogP contribution in [0.1, 0.15) is 41.4 Å². The number of rotatable bonds is 11. The molecule has 0 saturated heterocycles. The lowest BCUT2D eigenvalue weighted by atomic mass is 9.95. The highest BCUT2D eigenvalue weighted by Crippen LogP contribution is 2.39. The predicted octanol–water partition coefficient (Wildman–Crippen LogP) is 4.73. The van der Waals surface area contributed by atoms with Crippen LogP contribution in [-0.2, 0) is 12.1 Å². The molecule has 0 spiro atoms. The van der Waals surface area contributed by atoms with Crippen LogP contribution in [-0.4, -0.2) is 48.5 Å². The third kappa shape index (κ3) is 6.66. The Morgan fingerprint density at radius 1 is 1.08 bits per heavy atom. The SMILES string of the molecule is CCNCc1cc(-c2ccc(F)cc2)nc(C(O)(CNC(=O)c2ccc(OC3CC3)c(OC)c2)C(F)(F)F)c1. The molecule has 3 N–H and O–H groups in total. The maximum Gasteiger partial charge on any atom is 0.424 e. The van der Waals surface area contributed by atoms with E-state index in [4.69, 9.17) is 9.47 Å². The van der Waals surface area contributed by atoms with Crippen molar-refractivity contribution >= 4 is 5.91 Å². The van der Waals surface area contributed by atoms with Crippen LogP contribution in [0, 0.1) is 5.82 Å². The highest BCUT2D eigenvalue weighted by Gasteiger charge is 2.56. The molecule has 1 atom stereocenters. The third-order valence-electron chi connectivity index (χ3n) is 6.25. The van der Waals surface area contributed by atoms with E-state index in [1.807, 2.05) is 6.92 Å². The Morgan fingerprint density at radius 3 is 2.41 bits per heavy atom. The number of methoxy groups -OCH3 is 1. The van der Waals surface area contributed by atoms with Gasteiger partial charge >= 0.3 is 6.18 Å². The van der Waals surface area contributed by atoms with Crippen LogP contribution in [0.3, 0.4) is 0 Å². The fraction of sp³-hybridized carbons (Fsp3) is 0.357. The summed E-state index contributed by atoms with van der Waals surface area (Å²) in [5.74, 6) is -0.668. The molecule has 208 valence electrons. The van der Waals surface area contributed by atoms with Gasteiger partial charge in [-0.2, -0.15) is 13.2 Å². The number of nitrogens with one attached hydrogen (secondary N) is 2. The number of aliphatic hydroxyl groups is 1. The van der Waals surface area contributed by atoms with Gasteiger partial charge < -0.3 is 25.2 Å². The highest BCUT2D eigenvalue weighted by molar-refractivity contribution is 5.95. The number of carbonyl (C=O) groups excluding carboxylic acids is 1. The molecule has 1 aliphatic rings. The van der Waals surface area contributed by atoms with E-state index >= 15 is 0 Å². The summed E-state index contributed by atoms with van der Waals surface area (Å²) in [6.45, 7) is 1.40. The van der Waals surface area contributed by atoms with Gasteiger partial charge in [0.2, 0.25) is 5.60 Å². The number of halogens is 4. The molecule has 1 saturated carbocycles. The van der Waals surface area contributed by atoms with Crippen LogP contribution in [0.4, 0.5) is 17.6 Å². The second-order valence-corrected chi connectivity index (χ2v) is 9.26. The van der Waals surface area contributed by atoms with E-state index in [1.165, 1.54) is 49.6 Å². The van der Waals surface area contributed by atoms with Gasteiger partial charge in [0, 0.05) is 17.7 Å². The monoisotopic (exact) mass is 547 g/mol. The molecule has 39 heavy (non-hydrogen) atoms. The van der Waals surface area contributed by atoms with Gasteiger partial charge in [0.1, 0.15) is 5.82 Å². The smallest absolute Gasteiger partial charge is 0.424 e. The third-order valence-corrected chi connectivity index (χ3v) is 6.25. The number of alkyl halides is 3. The average Bonchev–Trinajstić information content (AvgIpc) is 3.74. The lowest BCUT2D eigenvalue weighted by Gasteiger charge is -2.31. The minimum Gasteiger partial charge on any atom is -0.493 e. The van der Waals surface area contributed by atoms with E-state index in [0.29, 0.717) is 23.4 Å². The van der Waals surface area contributed by atoms with Crippen molar-refractivity contribution in [3.63, 3.8) is 0 Å². The number of benzene rings is 2. The summed E-state index contributed by atoms with van der Waals surface area (Å²) in [5.41, 5.74) is -3.28. The number of ether oxygens (including phenoxy) is 2. The van der Waals surface area contributed by atoms with Gasteiger partial charge in [-0.1, -0.05) is 6.92 Å². The summed E-state index contributed by atoms with van der Waals surface area (Å²) in [6.07, 6.45) is -3.29. The normalized spacial score (nSPS) is 14.9. The van der Waals surface area contributed by atoms with Crippen molar-refractivity contribution in [3.8, 4) is 22.8 Å². The molecule has 1 aliphatic carbocycles. The van der Waals surface area contributed by atoms with Crippen LogP contribution in [0.5, 0.6) is 11.5 Å². The summed E-state index contributed by atoms with van der Waals surface area (Å²) in [6, 6.07) is 12.1. The number of amides is 1. The molecule has 1 unspecified atom stereocenters. The number of aromatic nitrogens is 1. The molecular formula is C28H29F4N3O4. The Hall–Kier alpha value is -3.70. The number of pyridine rings is 1. The first kappa shape index (κ1) is 28.3. The quantitative estimate of drug-likeness (QED) is 0.301. The standard InChI is InChI=1S/C28H29F4N3O4/c1-3-33-15-17-12-22(18-4-7-20(29)8-5-18)35-25(13-17)27(37,28(30,31)32)16-34-26(36)19-6-11-23(24(14-19)38-2)39-21-9-10-21/h4-8,11-14,21,33,37H,3,9-10,15-16H2,1-2H3,(H,34,36). The Bertz CT molecular complexity index is 1310. The Kier molecular flexibility index (Phi) is 8.41. The number of nitrogens with zero attached hydrogens (tertiary/aromatic N) is 1.